The topological polar surface area (TPSA) is 84.5 Å². The van der Waals surface area contributed by atoms with Crippen molar-refractivity contribution in [3.8, 4) is 5.75 Å². The molecule has 3 aromatic rings. The number of ether oxygens (including phenoxy) is 1. The zero-order valence-electron chi connectivity index (χ0n) is 18.7. The van der Waals surface area contributed by atoms with Crippen LogP contribution >= 0.6 is 11.6 Å². The third kappa shape index (κ3) is 6.74. The van der Waals surface area contributed by atoms with Crippen LogP contribution in [0.25, 0.3) is 0 Å². The van der Waals surface area contributed by atoms with Gasteiger partial charge in [0.1, 0.15) is 16.7 Å². The van der Waals surface area contributed by atoms with Gasteiger partial charge in [-0.3, -0.25) is 4.79 Å². The van der Waals surface area contributed by atoms with Crippen molar-refractivity contribution in [3.05, 3.63) is 88.4 Å². The van der Waals surface area contributed by atoms with Crippen molar-refractivity contribution in [2.75, 3.05) is 12.4 Å². The fourth-order valence-electron chi connectivity index (χ4n) is 3.33. The van der Waals surface area contributed by atoms with Gasteiger partial charge in [0.25, 0.3) is 0 Å². The third-order valence-electron chi connectivity index (χ3n) is 5.04. The Hall–Kier alpha value is -3.08. The normalized spacial score (nSPS) is 12.7. The van der Waals surface area contributed by atoms with Crippen LogP contribution in [0.1, 0.15) is 16.7 Å². The van der Waals surface area contributed by atoms with Gasteiger partial charge in [0, 0.05) is 5.69 Å². The summed E-state index contributed by atoms with van der Waals surface area (Å²) in [4.78, 5) is 12.9. The van der Waals surface area contributed by atoms with E-state index in [1.807, 2.05) is 0 Å². The Labute approximate surface area is 206 Å². The fourth-order valence-corrected chi connectivity index (χ4v) is 5.01. The van der Waals surface area contributed by atoms with Gasteiger partial charge in [-0.25, -0.2) is 8.42 Å². The molecule has 6 nitrogen and oxygen atoms in total. The number of benzene rings is 3. The highest BCUT2D eigenvalue weighted by molar-refractivity contribution is 7.89. The van der Waals surface area contributed by atoms with Crippen molar-refractivity contribution in [2.45, 2.75) is 30.5 Å². The number of methoxy groups -OCH3 is 1. The largest absolute Gasteiger partial charge is 0.495 e. The molecule has 0 fully saturated rings. The van der Waals surface area contributed by atoms with Crippen molar-refractivity contribution < 1.29 is 31.1 Å². The molecule has 0 aliphatic heterocycles. The Balaban J connectivity index is 1.95. The lowest BCUT2D eigenvalue weighted by Gasteiger charge is -2.20. The van der Waals surface area contributed by atoms with E-state index in [0.717, 1.165) is 6.07 Å². The minimum Gasteiger partial charge on any atom is -0.495 e. The van der Waals surface area contributed by atoms with Crippen LogP contribution in [0, 0.1) is 6.92 Å². The summed E-state index contributed by atoms with van der Waals surface area (Å²) in [5.74, 6) is -0.769. The summed E-state index contributed by atoms with van der Waals surface area (Å²) in [6.45, 7) is 1.70. The zero-order valence-corrected chi connectivity index (χ0v) is 20.3. The number of carbonyl (C=O) groups excluding carboxylic acids is 1. The maximum Gasteiger partial charge on any atom is 0.417 e. The summed E-state index contributed by atoms with van der Waals surface area (Å²) in [5, 5.41) is 1.84. The first-order valence-corrected chi connectivity index (χ1v) is 12.2. The van der Waals surface area contributed by atoms with Crippen LogP contribution in [0.4, 0.5) is 18.9 Å². The maximum atomic E-state index is 13.2. The highest BCUT2D eigenvalue weighted by atomic mass is 35.5. The number of anilines is 1. The minimum absolute atomic E-state index is 0.0558. The molecule has 0 radical (unpaired) electrons. The Morgan fingerprint density at radius 3 is 2.37 bits per heavy atom. The molecule has 0 aliphatic carbocycles. The number of rotatable bonds is 8. The Bertz CT molecular complexity index is 1320. The number of nitrogens with one attached hydrogen (secondary N) is 2. The average Bonchev–Trinajstić information content (AvgIpc) is 2.79. The van der Waals surface area contributed by atoms with Gasteiger partial charge in [-0.2, -0.15) is 17.9 Å². The van der Waals surface area contributed by atoms with Crippen LogP contribution in [0.5, 0.6) is 5.75 Å². The minimum atomic E-state index is -4.73. The zero-order chi connectivity index (χ0) is 25.8. The molecule has 0 spiro atoms. The van der Waals surface area contributed by atoms with Crippen molar-refractivity contribution >= 4 is 33.2 Å². The first kappa shape index (κ1) is 26.5. The number of hydrogen-bond donors (Lipinski definition) is 2. The number of carbonyl (C=O) groups is 1. The highest BCUT2D eigenvalue weighted by Gasteiger charge is 2.34. The molecule has 3 rings (SSSR count). The van der Waals surface area contributed by atoms with Crippen molar-refractivity contribution in [3.63, 3.8) is 0 Å². The SMILES string of the molecule is COc1ccc(C)cc1S(=O)(=O)NC(Cc1ccccc1)C(=O)Nc1ccc(Cl)c(C(F)(F)F)c1. The van der Waals surface area contributed by atoms with E-state index in [4.69, 9.17) is 16.3 Å². The van der Waals surface area contributed by atoms with Gasteiger partial charge in [-0.05, 0) is 54.8 Å². The molecular weight excluding hydrogens is 505 g/mol. The number of amides is 1. The monoisotopic (exact) mass is 526 g/mol. The van der Waals surface area contributed by atoms with E-state index in [1.165, 1.54) is 25.3 Å². The second-order valence-corrected chi connectivity index (χ2v) is 9.79. The predicted octanol–water partition coefficient (Wildman–Crippen LogP) is 5.20. The summed E-state index contributed by atoms with van der Waals surface area (Å²) in [6, 6.07) is 14.7. The summed E-state index contributed by atoms with van der Waals surface area (Å²) in [5.41, 5.74) is -0.0199. The number of aryl methyl sites for hydroxylation is 1. The lowest BCUT2D eigenvalue weighted by molar-refractivity contribution is -0.137. The summed E-state index contributed by atoms with van der Waals surface area (Å²) in [7, 11) is -2.94. The Morgan fingerprint density at radius 2 is 1.74 bits per heavy atom. The quantitative estimate of drug-likeness (QED) is 0.422. The van der Waals surface area contributed by atoms with Gasteiger partial charge in [0.05, 0.1) is 17.7 Å². The van der Waals surface area contributed by atoms with Crippen LogP contribution in [0.3, 0.4) is 0 Å². The standard InChI is InChI=1S/C24H22ClF3N2O4S/c1-15-8-11-21(34-2)22(12-15)35(32,33)30-20(13-16-6-4-3-5-7-16)23(31)29-17-9-10-19(25)18(14-17)24(26,27)28/h3-12,14,20,30H,13H2,1-2H3,(H,29,31). The predicted molar refractivity (Wildman–Crippen MR) is 127 cm³/mol. The smallest absolute Gasteiger partial charge is 0.417 e. The molecule has 0 aromatic heterocycles. The Kier molecular flexibility index (Phi) is 8.09. The van der Waals surface area contributed by atoms with E-state index in [1.54, 1.807) is 43.3 Å². The highest BCUT2D eigenvalue weighted by Crippen LogP contribution is 2.36. The van der Waals surface area contributed by atoms with Crippen LogP contribution in [-0.2, 0) is 27.4 Å². The number of halogens is 4. The molecule has 1 unspecified atom stereocenters. The van der Waals surface area contributed by atoms with Gasteiger partial charge in [-0.1, -0.05) is 48.0 Å². The number of hydrogen-bond acceptors (Lipinski definition) is 4. The van der Waals surface area contributed by atoms with Crippen LogP contribution < -0.4 is 14.8 Å². The summed E-state index contributed by atoms with van der Waals surface area (Å²) in [6.07, 6.45) is -4.79. The molecule has 35 heavy (non-hydrogen) atoms. The van der Waals surface area contributed by atoms with E-state index in [-0.39, 0.29) is 22.8 Å². The summed E-state index contributed by atoms with van der Waals surface area (Å²) >= 11 is 5.65. The second-order valence-electron chi connectivity index (χ2n) is 7.70. The van der Waals surface area contributed by atoms with Crippen molar-refractivity contribution in [2.24, 2.45) is 0 Å². The van der Waals surface area contributed by atoms with Gasteiger partial charge in [0.2, 0.25) is 15.9 Å². The van der Waals surface area contributed by atoms with Crippen LogP contribution in [-0.4, -0.2) is 27.5 Å². The van der Waals surface area contributed by atoms with E-state index in [2.05, 4.69) is 10.0 Å². The molecule has 0 saturated carbocycles. The number of alkyl halides is 3. The molecule has 0 aliphatic rings. The second kappa shape index (κ2) is 10.7. The van der Waals surface area contributed by atoms with Gasteiger partial charge in [0.15, 0.2) is 0 Å². The van der Waals surface area contributed by atoms with E-state index in [0.29, 0.717) is 17.2 Å². The molecule has 0 saturated heterocycles. The molecule has 2 N–H and O–H groups in total. The average molecular weight is 527 g/mol. The molecule has 1 amide bonds. The first-order valence-electron chi connectivity index (χ1n) is 10.3. The van der Waals surface area contributed by atoms with Crippen LogP contribution in [0.2, 0.25) is 5.02 Å². The van der Waals surface area contributed by atoms with Crippen molar-refractivity contribution in [1.82, 2.24) is 4.72 Å². The van der Waals surface area contributed by atoms with Gasteiger partial charge >= 0.3 is 6.18 Å². The fraction of sp³-hybridized carbons (Fsp3) is 0.208. The van der Waals surface area contributed by atoms with Crippen molar-refractivity contribution in [1.29, 1.82) is 0 Å². The molecule has 3 aromatic carbocycles. The van der Waals surface area contributed by atoms with E-state index >= 15 is 0 Å². The number of sulfonamides is 1. The van der Waals surface area contributed by atoms with E-state index < -0.39 is 38.7 Å². The molecule has 0 bridgehead atoms. The lowest BCUT2D eigenvalue weighted by Crippen LogP contribution is -2.45. The third-order valence-corrected chi connectivity index (χ3v) is 6.87. The molecule has 186 valence electrons. The maximum absolute atomic E-state index is 13.2. The molecule has 11 heteroatoms. The Morgan fingerprint density at radius 1 is 1.06 bits per heavy atom. The molecule has 1 atom stereocenters. The first-order chi connectivity index (χ1) is 16.4. The van der Waals surface area contributed by atoms with E-state index in [9.17, 15) is 26.4 Å². The van der Waals surface area contributed by atoms with Gasteiger partial charge in [-0.15, -0.1) is 0 Å². The molecule has 0 heterocycles. The van der Waals surface area contributed by atoms with Gasteiger partial charge < -0.3 is 10.1 Å². The molecular formula is C24H22ClF3N2O4S. The van der Waals surface area contributed by atoms with Crippen LogP contribution in [0.15, 0.2) is 71.6 Å². The lowest BCUT2D eigenvalue weighted by atomic mass is 10.1. The summed E-state index contributed by atoms with van der Waals surface area (Å²) < 4.78 is 73.6.